The molecule has 3 nitrogen and oxygen atoms in total. The van der Waals surface area contributed by atoms with Gasteiger partial charge < -0.3 is 10.2 Å². The number of likely N-dealkylation sites (N-methyl/N-ethyl adjacent to an activating group) is 2. The van der Waals surface area contributed by atoms with E-state index >= 15 is 0 Å². The van der Waals surface area contributed by atoms with Gasteiger partial charge in [-0.05, 0) is 33.5 Å². The van der Waals surface area contributed by atoms with Crippen molar-refractivity contribution in [2.45, 2.75) is 63.5 Å². The molecule has 1 aliphatic rings. The number of thiazole rings is 1. The summed E-state index contributed by atoms with van der Waals surface area (Å²) in [5.41, 5.74) is 0.290. The summed E-state index contributed by atoms with van der Waals surface area (Å²) in [7, 11) is 4.52. The zero-order valence-electron chi connectivity index (χ0n) is 13.2. The van der Waals surface area contributed by atoms with E-state index in [0.717, 1.165) is 13.0 Å². The summed E-state index contributed by atoms with van der Waals surface area (Å²) in [5.74, 6) is 0. The van der Waals surface area contributed by atoms with Crippen LogP contribution in [-0.4, -0.2) is 42.1 Å². The van der Waals surface area contributed by atoms with Crippen LogP contribution in [-0.2, 0) is 6.42 Å². The topological polar surface area (TPSA) is 28.2 Å². The lowest BCUT2D eigenvalue weighted by Crippen LogP contribution is -2.59. The van der Waals surface area contributed by atoms with Crippen LogP contribution in [0, 0.1) is 0 Å². The SMILES string of the molecule is CCNC(Cc1nccs1)C1(N(C)C)CCCCCC1. The van der Waals surface area contributed by atoms with Crippen LogP contribution in [0.15, 0.2) is 11.6 Å². The van der Waals surface area contributed by atoms with E-state index in [9.17, 15) is 0 Å². The van der Waals surface area contributed by atoms with Crippen LogP contribution in [0.3, 0.4) is 0 Å². The smallest absolute Gasteiger partial charge is 0.0941 e. The van der Waals surface area contributed by atoms with E-state index in [1.54, 1.807) is 11.3 Å². The number of aromatic nitrogens is 1. The summed E-state index contributed by atoms with van der Waals surface area (Å²) >= 11 is 1.79. The Morgan fingerprint density at radius 1 is 1.30 bits per heavy atom. The molecule has 20 heavy (non-hydrogen) atoms. The Labute approximate surface area is 127 Å². The molecule has 2 rings (SSSR count). The van der Waals surface area contributed by atoms with Crippen molar-refractivity contribution in [2.24, 2.45) is 0 Å². The molecule has 4 heteroatoms. The molecule has 1 aromatic heterocycles. The molecule has 0 aromatic carbocycles. The molecule has 1 N–H and O–H groups in total. The summed E-state index contributed by atoms with van der Waals surface area (Å²) in [5, 5.41) is 7.12. The molecule has 0 amide bonds. The lowest BCUT2D eigenvalue weighted by atomic mass is 9.79. The van der Waals surface area contributed by atoms with Gasteiger partial charge in [0.05, 0.1) is 5.01 Å². The minimum absolute atomic E-state index is 0.290. The second-order valence-corrected chi connectivity index (χ2v) is 7.13. The zero-order valence-corrected chi connectivity index (χ0v) is 14.0. The standard InChI is InChI=1S/C16H29N3S/c1-4-17-14(13-15-18-11-12-20-15)16(19(2)3)9-7-5-6-8-10-16/h11-12,14,17H,4-10,13H2,1-3H3. The maximum absolute atomic E-state index is 4.51. The summed E-state index contributed by atoms with van der Waals surface area (Å²) < 4.78 is 0. The molecule has 114 valence electrons. The zero-order chi connectivity index (χ0) is 14.4. The van der Waals surface area contributed by atoms with Crippen LogP contribution in [0.1, 0.15) is 50.5 Å². The molecule has 0 bridgehead atoms. The fraction of sp³-hybridized carbons (Fsp3) is 0.812. The molecule has 0 spiro atoms. The predicted molar refractivity (Wildman–Crippen MR) is 87.4 cm³/mol. The van der Waals surface area contributed by atoms with Gasteiger partial charge in [0.2, 0.25) is 0 Å². The van der Waals surface area contributed by atoms with Crippen molar-refractivity contribution in [2.75, 3.05) is 20.6 Å². The van der Waals surface area contributed by atoms with Crippen LogP contribution >= 0.6 is 11.3 Å². The molecule has 1 saturated carbocycles. The summed E-state index contributed by atoms with van der Waals surface area (Å²) in [6.07, 6.45) is 11.1. The molecule has 0 saturated heterocycles. The largest absolute Gasteiger partial charge is 0.312 e. The highest BCUT2D eigenvalue weighted by Gasteiger charge is 2.40. The van der Waals surface area contributed by atoms with Gasteiger partial charge in [-0.25, -0.2) is 4.98 Å². The molecule has 1 aromatic rings. The van der Waals surface area contributed by atoms with E-state index in [4.69, 9.17) is 0 Å². The quantitative estimate of drug-likeness (QED) is 0.816. The van der Waals surface area contributed by atoms with Crippen molar-refractivity contribution in [3.8, 4) is 0 Å². The van der Waals surface area contributed by atoms with Crippen LogP contribution in [0.5, 0.6) is 0 Å². The van der Waals surface area contributed by atoms with Crippen molar-refractivity contribution < 1.29 is 0 Å². The van der Waals surface area contributed by atoms with Crippen LogP contribution in [0.4, 0.5) is 0 Å². The first-order chi connectivity index (χ1) is 9.69. The lowest BCUT2D eigenvalue weighted by molar-refractivity contribution is 0.0808. The van der Waals surface area contributed by atoms with E-state index in [2.05, 4.69) is 41.6 Å². The summed E-state index contributed by atoms with van der Waals surface area (Å²) in [6, 6.07) is 0.506. The van der Waals surface area contributed by atoms with Crippen LogP contribution < -0.4 is 5.32 Å². The second-order valence-electron chi connectivity index (χ2n) is 6.15. The minimum Gasteiger partial charge on any atom is -0.312 e. The van der Waals surface area contributed by atoms with Crippen molar-refractivity contribution in [1.29, 1.82) is 0 Å². The highest BCUT2D eigenvalue weighted by Crippen LogP contribution is 2.35. The first-order valence-electron chi connectivity index (χ1n) is 7.98. The van der Waals surface area contributed by atoms with Gasteiger partial charge >= 0.3 is 0 Å². The molecule has 0 radical (unpaired) electrons. The Balaban J connectivity index is 2.21. The molecule has 0 aliphatic heterocycles. The molecular weight excluding hydrogens is 266 g/mol. The van der Waals surface area contributed by atoms with Crippen LogP contribution in [0.2, 0.25) is 0 Å². The van der Waals surface area contributed by atoms with E-state index in [-0.39, 0.29) is 5.54 Å². The fourth-order valence-corrected chi connectivity index (χ4v) is 4.34. The van der Waals surface area contributed by atoms with Gasteiger partial charge in [0.15, 0.2) is 0 Å². The summed E-state index contributed by atoms with van der Waals surface area (Å²) in [4.78, 5) is 6.99. The number of hydrogen-bond donors (Lipinski definition) is 1. The highest BCUT2D eigenvalue weighted by molar-refractivity contribution is 7.09. The Morgan fingerprint density at radius 2 is 2.00 bits per heavy atom. The third kappa shape index (κ3) is 3.60. The van der Waals surface area contributed by atoms with E-state index in [1.807, 2.05) is 6.20 Å². The molecular formula is C16H29N3S. The van der Waals surface area contributed by atoms with Crippen LogP contribution in [0.25, 0.3) is 0 Å². The first-order valence-corrected chi connectivity index (χ1v) is 8.86. The predicted octanol–water partition coefficient (Wildman–Crippen LogP) is 3.32. The molecule has 1 fully saturated rings. The van der Waals surface area contributed by atoms with E-state index in [1.165, 1.54) is 43.5 Å². The van der Waals surface area contributed by atoms with Crippen molar-refractivity contribution in [1.82, 2.24) is 15.2 Å². The first kappa shape index (κ1) is 15.9. The van der Waals surface area contributed by atoms with Crippen molar-refractivity contribution in [3.05, 3.63) is 16.6 Å². The lowest BCUT2D eigenvalue weighted by Gasteiger charge is -2.46. The molecule has 1 unspecified atom stereocenters. The third-order valence-electron chi connectivity index (χ3n) is 4.82. The van der Waals surface area contributed by atoms with Gasteiger partial charge in [-0.15, -0.1) is 11.3 Å². The maximum Gasteiger partial charge on any atom is 0.0941 e. The fourth-order valence-electron chi connectivity index (χ4n) is 3.68. The number of nitrogens with one attached hydrogen (secondary N) is 1. The van der Waals surface area contributed by atoms with Crippen molar-refractivity contribution >= 4 is 11.3 Å². The second kappa shape index (κ2) is 7.53. The van der Waals surface area contributed by atoms with Gasteiger partial charge in [-0.1, -0.05) is 32.6 Å². The average Bonchev–Trinajstić information content (AvgIpc) is 2.80. The van der Waals surface area contributed by atoms with Crippen molar-refractivity contribution in [3.63, 3.8) is 0 Å². The maximum atomic E-state index is 4.51. The summed E-state index contributed by atoms with van der Waals surface area (Å²) in [6.45, 7) is 3.25. The Hall–Kier alpha value is -0.450. The normalized spacial score (nSPS) is 20.8. The number of rotatable bonds is 6. The Kier molecular flexibility index (Phi) is 6.00. The van der Waals surface area contributed by atoms with Gasteiger partial charge in [-0.2, -0.15) is 0 Å². The molecule has 1 aliphatic carbocycles. The van der Waals surface area contributed by atoms with Gasteiger partial charge in [0.25, 0.3) is 0 Å². The minimum atomic E-state index is 0.290. The van der Waals surface area contributed by atoms with E-state index < -0.39 is 0 Å². The molecule has 1 atom stereocenters. The Morgan fingerprint density at radius 3 is 2.50 bits per heavy atom. The highest BCUT2D eigenvalue weighted by atomic mass is 32.1. The average molecular weight is 295 g/mol. The van der Waals surface area contributed by atoms with Gasteiger partial charge in [-0.3, -0.25) is 0 Å². The number of nitrogens with zero attached hydrogens (tertiary/aromatic N) is 2. The van der Waals surface area contributed by atoms with Gasteiger partial charge in [0, 0.05) is 29.6 Å². The Bertz CT molecular complexity index is 367. The molecule has 1 heterocycles. The van der Waals surface area contributed by atoms with Gasteiger partial charge in [0.1, 0.15) is 0 Å². The number of hydrogen-bond acceptors (Lipinski definition) is 4. The monoisotopic (exact) mass is 295 g/mol. The van der Waals surface area contributed by atoms with E-state index in [0.29, 0.717) is 6.04 Å². The third-order valence-corrected chi connectivity index (χ3v) is 5.62.